The van der Waals surface area contributed by atoms with Crippen LogP contribution in [0.1, 0.15) is 25.5 Å². The maximum atomic E-state index is 11.8. The molecular formula is C11H17ClN2O2S. The summed E-state index contributed by atoms with van der Waals surface area (Å²) in [4.78, 5) is 0. The lowest BCUT2D eigenvalue weighted by atomic mass is 10.1. The molecule has 0 aromatic heterocycles. The van der Waals surface area contributed by atoms with Crippen LogP contribution in [0.3, 0.4) is 0 Å². The van der Waals surface area contributed by atoms with Crippen LogP contribution in [0.25, 0.3) is 0 Å². The monoisotopic (exact) mass is 276 g/mol. The molecule has 0 spiro atoms. The number of sulfonamides is 1. The number of nitrogens with one attached hydrogen (secondary N) is 1. The second-order valence-electron chi connectivity index (χ2n) is 3.99. The Morgan fingerprint density at radius 3 is 2.59 bits per heavy atom. The third-order valence-corrected chi connectivity index (χ3v) is 4.72. The van der Waals surface area contributed by atoms with Crippen molar-refractivity contribution in [3.05, 3.63) is 34.9 Å². The molecule has 1 rings (SSSR count). The minimum Gasteiger partial charge on any atom is -0.329 e. The highest BCUT2D eigenvalue weighted by Crippen LogP contribution is 2.18. The fraction of sp³-hybridized carbons (Fsp3) is 0.455. The van der Waals surface area contributed by atoms with Crippen LogP contribution >= 0.6 is 11.6 Å². The van der Waals surface area contributed by atoms with E-state index >= 15 is 0 Å². The minimum absolute atomic E-state index is 0.0948. The highest BCUT2D eigenvalue weighted by Gasteiger charge is 2.21. The second kappa shape index (κ2) is 5.82. The van der Waals surface area contributed by atoms with Gasteiger partial charge in [0.15, 0.2) is 0 Å². The van der Waals surface area contributed by atoms with E-state index in [9.17, 15) is 8.42 Å². The highest BCUT2D eigenvalue weighted by molar-refractivity contribution is 7.90. The van der Waals surface area contributed by atoms with E-state index in [0.717, 1.165) is 5.56 Å². The zero-order valence-electron chi connectivity index (χ0n) is 9.85. The van der Waals surface area contributed by atoms with Crippen molar-refractivity contribution in [1.29, 1.82) is 0 Å². The van der Waals surface area contributed by atoms with Crippen molar-refractivity contribution in [2.45, 2.75) is 25.1 Å². The standard InChI is InChI=1S/C11H17ClN2O2S/c1-8(7-13)17(15,16)14-9(2)10-4-3-5-11(12)6-10/h3-6,8-9,14H,7,13H2,1-2H3. The van der Waals surface area contributed by atoms with Crippen LogP contribution in [-0.4, -0.2) is 20.2 Å². The molecule has 0 aliphatic rings. The molecule has 1 aromatic rings. The molecule has 0 bridgehead atoms. The molecule has 0 radical (unpaired) electrons. The molecule has 0 saturated heterocycles. The van der Waals surface area contributed by atoms with Crippen molar-refractivity contribution in [3.8, 4) is 0 Å². The third-order valence-electron chi connectivity index (χ3n) is 2.55. The Bertz CT molecular complexity index is 476. The summed E-state index contributed by atoms with van der Waals surface area (Å²) in [6.07, 6.45) is 0. The highest BCUT2D eigenvalue weighted by atomic mass is 35.5. The molecule has 0 aliphatic heterocycles. The number of benzene rings is 1. The molecule has 1 aromatic carbocycles. The third kappa shape index (κ3) is 3.96. The van der Waals surface area contributed by atoms with Gasteiger partial charge in [-0.3, -0.25) is 0 Å². The lowest BCUT2D eigenvalue weighted by molar-refractivity contribution is 0.555. The van der Waals surface area contributed by atoms with Gasteiger partial charge in [0.05, 0.1) is 5.25 Å². The average Bonchev–Trinajstić information content (AvgIpc) is 2.27. The molecule has 3 N–H and O–H groups in total. The quantitative estimate of drug-likeness (QED) is 0.859. The van der Waals surface area contributed by atoms with Crippen LogP contribution in [0.5, 0.6) is 0 Å². The summed E-state index contributed by atoms with van der Waals surface area (Å²) in [7, 11) is -3.39. The lowest BCUT2D eigenvalue weighted by Crippen LogP contribution is -2.38. The number of nitrogens with two attached hydrogens (primary N) is 1. The zero-order chi connectivity index (χ0) is 13.1. The van der Waals surface area contributed by atoms with Gasteiger partial charge in [-0.15, -0.1) is 0 Å². The van der Waals surface area contributed by atoms with Gasteiger partial charge in [-0.2, -0.15) is 0 Å². The normalized spacial score (nSPS) is 15.5. The predicted octanol–water partition coefficient (Wildman–Crippen LogP) is 1.67. The van der Waals surface area contributed by atoms with E-state index in [1.54, 1.807) is 32.0 Å². The van der Waals surface area contributed by atoms with Gasteiger partial charge in [-0.05, 0) is 31.5 Å². The molecule has 0 saturated carbocycles. The molecule has 17 heavy (non-hydrogen) atoms. The summed E-state index contributed by atoms with van der Waals surface area (Å²) in [6, 6.07) is 6.77. The van der Waals surface area contributed by atoms with E-state index in [4.69, 9.17) is 17.3 Å². The van der Waals surface area contributed by atoms with Crippen molar-refractivity contribution in [3.63, 3.8) is 0 Å². The van der Waals surface area contributed by atoms with Crippen molar-refractivity contribution in [2.75, 3.05) is 6.54 Å². The Labute approximate surface area is 107 Å². The molecule has 0 aliphatic carbocycles. The van der Waals surface area contributed by atoms with Crippen molar-refractivity contribution in [1.82, 2.24) is 4.72 Å². The first kappa shape index (κ1) is 14.4. The fourth-order valence-corrected chi connectivity index (χ4v) is 2.65. The van der Waals surface area contributed by atoms with Crippen LogP contribution in [0.4, 0.5) is 0 Å². The van der Waals surface area contributed by atoms with Crippen LogP contribution < -0.4 is 10.5 Å². The molecule has 0 fully saturated rings. The summed E-state index contributed by atoms with van der Waals surface area (Å²) in [5, 5.41) is -0.0236. The molecule has 2 atom stereocenters. The predicted molar refractivity (Wildman–Crippen MR) is 70.4 cm³/mol. The van der Waals surface area contributed by atoms with Crippen molar-refractivity contribution >= 4 is 21.6 Å². The molecule has 0 heterocycles. The van der Waals surface area contributed by atoms with Gasteiger partial charge in [-0.1, -0.05) is 23.7 Å². The molecule has 6 heteroatoms. The number of hydrogen-bond donors (Lipinski definition) is 2. The van der Waals surface area contributed by atoms with Gasteiger partial charge in [0.1, 0.15) is 0 Å². The fourth-order valence-electron chi connectivity index (χ4n) is 1.33. The first-order valence-electron chi connectivity index (χ1n) is 5.33. The topological polar surface area (TPSA) is 72.2 Å². The van der Waals surface area contributed by atoms with Crippen molar-refractivity contribution in [2.24, 2.45) is 5.73 Å². The van der Waals surface area contributed by atoms with Crippen LogP contribution in [-0.2, 0) is 10.0 Å². The Hall–Kier alpha value is -0.620. The SMILES string of the molecule is CC(NS(=O)(=O)C(C)CN)c1cccc(Cl)c1. The van der Waals surface area contributed by atoms with Gasteiger partial charge in [-0.25, -0.2) is 13.1 Å². The maximum absolute atomic E-state index is 11.8. The number of rotatable bonds is 5. The van der Waals surface area contributed by atoms with E-state index in [-0.39, 0.29) is 12.6 Å². The van der Waals surface area contributed by atoms with Gasteiger partial charge in [0.25, 0.3) is 0 Å². The van der Waals surface area contributed by atoms with E-state index in [1.165, 1.54) is 0 Å². The lowest BCUT2D eigenvalue weighted by Gasteiger charge is -2.18. The Kier molecular flexibility index (Phi) is 4.94. The van der Waals surface area contributed by atoms with Crippen molar-refractivity contribution < 1.29 is 8.42 Å². The zero-order valence-corrected chi connectivity index (χ0v) is 11.4. The van der Waals surface area contributed by atoms with Gasteiger partial charge in [0, 0.05) is 17.6 Å². The Balaban J connectivity index is 2.83. The summed E-state index contributed by atoms with van der Waals surface area (Å²) in [5.74, 6) is 0. The van der Waals surface area contributed by atoms with E-state index < -0.39 is 15.3 Å². The summed E-state index contributed by atoms with van der Waals surface area (Å²) < 4.78 is 26.2. The van der Waals surface area contributed by atoms with Gasteiger partial charge >= 0.3 is 0 Å². The van der Waals surface area contributed by atoms with Gasteiger partial charge in [0.2, 0.25) is 10.0 Å². The number of halogens is 1. The van der Waals surface area contributed by atoms with Crippen LogP contribution in [0.2, 0.25) is 5.02 Å². The largest absolute Gasteiger partial charge is 0.329 e. The van der Waals surface area contributed by atoms with E-state index in [2.05, 4.69) is 4.72 Å². The smallest absolute Gasteiger partial charge is 0.216 e. The second-order valence-corrected chi connectivity index (χ2v) is 6.55. The number of hydrogen-bond acceptors (Lipinski definition) is 3. The summed E-state index contributed by atoms with van der Waals surface area (Å²) >= 11 is 5.85. The first-order chi connectivity index (χ1) is 7.86. The molecule has 0 amide bonds. The summed E-state index contributed by atoms with van der Waals surface area (Å²) in [6.45, 7) is 3.44. The minimum atomic E-state index is -3.39. The molecule has 96 valence electrons. The van der Waals surface area contributed by atoms with E-state index in [0.29, 0.717) is 5.02 Å². The van der Waals surface area contributed by atoms with Crippen LogP contribution in [0, 0.1) is 0 Å². The van der Waals surface area contributed by atoms with Gasteiger partial charge < -0.3 is 5.73 Å². The maximum Gasteiger partial charge on any atom is 0.216 e. The first-order valence-corrected chi connectivity index (χ1v) is 7.26. The molecular weight excluding hydrogens is 260 g/mol. The summed E-state index contributed by atoms with van der Waals surface area (Å²) in [5.41, 5.74) is 6.18. The Morgan fingerprint density at radius 1 is 1.41 bits per heavy atom. The Morgan fingerprint density at radius 2 is 2.06 bits per heavy atom. The molecule has 4 nitrogen and oxygen atoms in total. The average molecular weight is 277 g/mol. The van der Waals surface area contributed by atoms with Crippen LogP contribution in [0.15, 0.2) is 24.3 Å². The van der Waals surface area contributed by atoms with E-state index in [1.807, 2.05) is 6.07 Å². The molecule has 2 unspecified atom stereocenters.